The number of carbonyl (C=O) groups is 1. The van der Waals surface area contributed by atoms with Gasteiger partial charge in [0.15, 0.2) is 5.82 Å². The van der Waals surface area contributed by atoms with E-state index in [1.807, 2.05) is 30.3 Å². The summed E-state index contributed by atoms with van der Waals surface area (Å²) in [5.74, 6) is 0.843. The summed E-state index contributed by atoms with van der Waals surface area (Å²) < 4.78 is 7.55. The normalized spacial score (nSPS) is 10.3. The maximum atomic E-state index is 12.4. The summed E-state index contributed by atoms with van der Waals surface area (Å²) in [6, 6.07) is 16.7. The molecule has 0 aliphatic carbocycles. The minimum Gasteiger partial charge on any atom is -0.497 e. The first-order valence-electron chi connectivity index (χ1n) is 6.93. The van der Waals surface area contributed by atoms with Crippen molar-refractivity contribution >= 4 is 27.7 Å². The van der Waals surface area contributed by atoms with Crippen molar-refractivity contribution in [3.8, 4) is 11.4 Å². The van der Waals surface area contributed by atoms with Crippen molar-refractivity contribution in [2.45, 2.75) is 0 Å². The SMILES string of the molecule is COc1ccc(Br)c(C(=O)Nc2ccn(-c3ccccc3)n2)c1. The Balaban J connectivity index is 1.80. The van der Waals surface area contributed by atoms with Crippen LogP contribution in [0, 0.1) is 0 Å². The number of hydrogen-bond acceptors (Lipinski definition) is 3. The zero-order valence-electron chi connectivity index (χ0n) is 12.4. The topological polar surface area (TPSA) is 56.1 Å². The fraction of sp³-hybridized carbons (Fsp3) is 0.0588. The molecule has 0 fully saturated rings. The van der Waals surface area contributed by atoms with E-state index in [0.29, 0.717) is 21.6 Å². The second kappa shape index (κ2) is 6.66. The number of benzene rings is 2. The lowest BCUT2D eigenvalue weighted by Gasteiger charge is -2.07. The van der Waals surface area contributed by atoms with Gasteiger partial charge in [0.05, 0.1) is 18.4 Å². The highest BCUT2D eigenvalue weighted by Crippen LogP contribution is 2.23. The number of ether oxygens (including phenoxy) is 1. The Morgan fingerprint density at radius 3 is 2.70 bits per heavy atom. The lowest BCUT2D eigenvalue weighted by Crippen LogP contribution is -2.13. The van der Waals surface area contributed by atoms with Crippen LogP contribution in [0.15, 0.2) is 65.3 Å². The largest absolute Gasteiger partial charge is 0.497 e. The van der Waals surface area contributed by atoms with Crippen LogP contribution in [0.1, 0.15) is 10.4 Å². The number of amides is 1. The molecule has 0 saturated carbocycles. The molecule has 0 unspecified atom stereocenters. The van der Waals surface area contributed by atoms with Gasteiger partial charge in [-0.1, -0.05) is 18.2 Å². The van der Waals surface area contributed by atoms with Gasteiger partial charge in [0, 0.05) is 16.7 Å². The molecule has 23 heavy (non-hydrogen) atoms. The second-order valence-corrected chi connectivity index (χ2v) is 5.64. The quantitative estimate of drug-likeness (QED) is 0.756. The molecule has 0 aliphatic rings. The summed E-state index contributed by atoms with van der Waals surface area (Å²) in [6.45, 7) is 0. The van der Waals surface area contributed by atoms with E-state index in [0.717, 1.165) is 5.69 Å². The molecule has 6 heteroatoms. The number of rotatable bonds is 4. The van der Waals surface area contributed by atoms with Gasteiger partial charge in [-0.05, 0) is 46.3 Å². The van der Waals surface area contributed by atoms with Gasteiger partial charge in [0.25, 0.3) is 5.91 Å². The number of halogens is 1. The van der Waals surface area contributed by atoms with Crippen molar-refractivity contribution < 1.29 is 9.53 Å². The fourth-order valence-corrected chi connectivity index (χ4v) is 2.53. The molecule has 5 nitrogen and oxygen atoms in total. The molecule has 0 radical (unpaired) electrons. The Labute approximate surface area is 142 Å². The van der Waals surface area contributed by atoms with Crippen LogP contribution >= 0.6 is 15.9 Å². The van der Waals surface area contributed by atoms with E-state index in [9.17, 15) is 4.79 Å². The Hall–Kier alpha value is -2.60. The average molecular weight is 372 g/mol. The number of carbonyl (C=O) groups excluding carboxylic acids is 1. The van der Waals surface area contributed by atoms with Crippen molar-refractivity contribution in [1.82, 2.24) is 9.78 Å². The molecule has 0 bridgehead atoms. The van der Waals surface area contributed by atoms with E-state index in [1.165, 1.54) is 0 Å². The first-order valence-corrected chi connectivity index (χ1v) is 7.72. The van der Waals surface area contributed by atoms with E-state index in [1.54, 1.807) is 42.3 Å². The summed E-state index contributed by atoms with van der Waals surface area (Å²) >= 11 is 3.37. The van der Waals surface area contributed by atoms with Crippen LogP contribution < -0.4 is 10.1 Å². The van der Waals surface area contributed by atoms with Crippen molar-refractivity contribution in [2.75, 3.05) is 12.4 Å². The number of para-hydroxylation sites is 1. The van der Waals surface area contributed by atoms with Crippen LogP contribution in [0.5, 0.6) is 5.75 Å². The summed E-state index contributed by atoms with van der Waals surface area (Å²) in [5.41, 5.74) is 1.41. The summed E-state index contributed by atoms with van der Waals surface area (Å²) in [6.07, 6.45) is 1.80. The van der Waals surface area contributed by atoms with E-state index in [-0.39, 0.29) is 5.91 Å². The molecule has 116 valence electrons. The van der Waals surface area contributed by atoms with Gasteiger partial charge < -0.3 is 10.1 Å². The minimum absolute atomic E-state index is 0.255. The molecule has 0 spiro atoms. The molecule has 1 amide bonds. The van der Waals surface area contributed by atoms with Gasteiger partial charge in [-0.2, -0.15) is 5.10 Å². The molecule has 0 aliphatic heterocycles. The second-order valence-electron chi connectivity index (χ2n) is 4.78. The predicted molar refractivity (Wildman–Crippen MR) is 92.2 cm³/mol. The Morgan fingerprint density at radius 1 is 1.17 bits per heavy atom. The van der Waals surface area contributed by atoms with Crippen LogP contribution in [-0.4, -0.2) is 22.8 Å². The minimum atomic E-state index is -0.255. The van der Waals surface area contributed by atoms with Gasteiger partial charge in [-0.15, -0.1) is 0 Å². The van der Waals surface area contributed by atoms with Crippen LogP contribution in [0.2, 0.25) is 0 Å². The smallest absolute Gasteiger partial charge is 0.258 e. The zero-order chi connectivity index (χ0) is 16.2. The highest BCUT2D eigenvalue weighted by atomic mass is 79.9. The van der Waals surface area contributed by atoms with Crippen molar-refractivity contribution in [3.63, 3.8) is 0 Å². The zero-order valence-corrected chi connectivity index (χ0v) is 13.9. The number of hydrogen-bond donors (Lipinski definition) is 1. The Kier molecular flexibility index (Phi) is 4.43. The number of methoxy groups -OCH3 is 1. The highest BCUT2D eigenvalue weighted by Gasteiger charge is 2.13. The number of nitrogens with zero attached hydrogens (tertiary/aromatic N) is 2. The molecule has 1 aromatic heterocycles. The summed E-state index contributed by atoms with van der Waals surface area (Å²) in [5, 5.41) is 7.14. The standard InChI is InChI=1S/C17H14BrN3O2/c1-23-13-7-8-15(18)14(11-13)17(22)19-16-9-10-21(20-16)12-5-3-2-4-6-12/h2-11H,1H3,(H,19,20,22). The third-order valence-electron chi connectivity index (χ3n) is 3.27. The van der Waals surface area contributed by atoms with Crippen LogP contribution in [0.4, 0.5) is 5.82 Å². The van der Waals surface area contributed by atoms with E-state index < -0.39 is 0 Å². The lowest BCUT2D eigenvalue weighted by molar-refractivity contribution is 0.102. The third kappa shape index (κ3) is 3.43. The number of aromatic nitrogens is 2. The van der Waals surface area contributed by atoms with E-state index >= 15 is 0 Å². The summed E-state index contributed by atoms with van der Waals surface area (Å²) in [7, 11) is 1.56. The van der Waals surface area contributed by atoms with Crippen molar-refractivity contribution in [3.05, 3.63) is 70.8 Å². The van der Waals surface area contributed by atoms with Crippen LogP contribution in [-0.2, 0) is 0 Å². The molecule has 3 rings (SSSR count). The molecule has 0 atom stereocenters. The van der Waals surface area contributed by atoms with Crippen LogP contribution in [0.3, 0.4) is 0 Å². The van der Waals surface area contributed by atoms with Gasteiger partial charge >= 0.3 is 0 Å². The highest BCUT2D eigenvalue weighted by molar-refractivity contribution is 9.10. The Bertz CT molecular complexity index is 831. The fourth-order valence-electron chi connectivity index (χ4n) is 2.10. The maximum Gasteiger partial charge on any atom is 0.258 e. The van der Waals surface area contributed by atoms with Crippen LogP contribution in [0.25, 0.3) is 5.69 Å². The first-order chi connectivity index (χ1) is 11.2. The van der Waals surface area contributed by atoms with Gasteiger partial charge in [0.2, 0.25) is 0 Å². The molecule has 0 saturated heterocycles. The Morgan fingerprint density at radius 2 is 1.96 bits per heavy atom. The predicted octanol–water partition coefficient (Wildman–Crippen LogP) is 3.90. The molecule has 1 heterocycles. The van der Waals surface area contributed by atoms with E-state index in [2.05, 4.69) is 26.3 Å². The lowest BCUT2D eigenvalue weighted by atomic mass is 10.2. The van der Waals surface area contributed by atoms with Gasteiger partial charge in [0.1, 0.15) is 5.75 Å². The first kappa shape index (κ1) is 15.3. The number of nitrogens with one attached hydrogen (secondary N) is 1. The van der Waals surface area contributed by atoms with Gasteiger partial charge in [-0.25, -0.2) is 4.68 Å². The average Bonchev–Trinajstić information content (AvgIpc) is 3.04. The molecule has 1 N–H and O–H groups in total. The monoisotopic (exact) mass is 371 g/mol. The number of anilines is 1. The van der Waals surface area contributed by atoms with E-state index in [4.69, 9.17) is 4.74 Å². The molecular formula is C17H14BrN3O2. The third-order valence-corrected chi connectivity index (χ3v) is 3.96. The maximum absolute atomic E-state index is 12.4. The summed E-state index contributed by atoms with van der Waals surface area (Å²) in [4.78, 5) is 12.4. The van der Waals surface area contributed by atoms with Gasteiger partial charge in [-0.3, -0.25) is 4.79 Å². The van der Waals surface area contributed by atoms with Crippen molar-refractivity contribution in [1.29, 1.82) is 0 Å². The molecular weight excluding hydrogens is 358 g/mol. The van der Waals surface area contributed by atoms with Crippen molar-refractivity contribution in [2.24, 2.45) is 0 Å². The molecule has 2 aromatic carbocycles. The molecule has 3 aromatic rings.